The van der Waals surface area contributed by atoms with Gasteiger partial charge >= 0.3 is 0 Å². The molecule has 0 spiro atoms. The molecule has 0 aromatic carbocycles. The smallest absolute Gasteiger partial charge is 0.209 e. The molecule has 3 heterocycles. The van der Waals surface area contributed by atoms with Crippen molar-refractivity contribution >= 4 is 16.5 Å². The molecule has 1 atom stereocenters. The number of aromatic nitrogens is 3. The molecule has 1 unspecified atom stereocenters. The van der Waals surface area contributed by atoms with Crippen molar-refractivity contribution in [3.8, 4) is 10.7 Å². The third-order valence-corrected chi connectivity index (χ3v) is 4.50. The second kappa shape index (κ2) is 6.49. The maximum atomic E-state index is 5.63. The van der Waals surface area contributed by atoms with E-state index in [2.05, 4.69) is 33.9 Å². The van der Waals surface area contributed by atoms with Gasteiger partial charge in [-0.05, 0) is 24.5 Å². The zero-order valence-corrected chi connectivity index (χ0v) is 13.2. The Morgan fingerprint density at radius 1 is 1.38 bits per heavy atom. The van der Waals surface area contributed by atoms with Gasteiger partial charge in [0.1, 0.15) is 5.69 Å². The molecule has 5 nitrogen and oxygen atoms in total. The molecule has 0 saturated carbocycles. The number of hydrogen-bond donors (Lipinski definition) is 0. The Hall–Kier alpha value is -1.53. The van der Waals surface area contributed by atoms with Crippen LogP contribution in [0.25, 0.3) is 10.7 Å². The van der Waals surface area contributed by atoms with Crippen LogP contribution in [0, 0.1) is 5.92 Å². The van der Waals surface area contributed by atoms with Crippen molar-refractivity contribution in [3.63, 3.8) is 0 Å². The van der Waals surface area contributed by atoms with Crippen LogP contribution in [0.15, 0.2) is 24.4 Å². The second-order valence-electron chi connectivity index (χ2n) is 5.66. The van der Waals surface area contributed by atoms with Gasteiger partial charge in [-0.2, -0.15) is 0 Å². The summed E-state index contributed by atoms with van der Waals surface area (Å²) in [5, 5.41) is 10.5. The van der Waals surface area contributed by atoms with Crippen molar-refractivity contribution in [2.24, 2.45) is 5.92 Å². The molecule has 0 bridgehead atoms. The fourth-order valence-electron chi connectivity index (χ4n) is 2.57. The molecular formula is C15H20N4OS. The van der Waals surface area contributed by atoms with Crippen LogP contribution in [0.4, 0.5) is 5.13 Å². The quantitative estimate of drug-likeness (QED) is 0.869. The van der Waals surface area contributed by atoms with E-state index in [9.17, 15) is 0 Å². The first-order valence-corrected chi connectivity index (χ1v) is 8.15. The number of morpholine rings is 1. The lowest BCUT2D eigenvalue weighted by molar-refractivity contribution is 0.0877. The monoisotopic (exact) mass is 304 g/mol. The van der Waals surface area contributed by atoms with Gasteiger partial charge in [-0.1, -0.05) is 31.3 Å². The SMILES string of the molecule is CC(C)CC1COCCN1c1nnc(-c2ccccn2)s1. The lowest BCUT2D eigenvalue weighted by Gasteiger charge is -2.36. The van der Waals surface area contributed by atoms with Crippen LogP contribution in [0.1, 0.15) is 20.3 Å². The minimum atomic E-state index is 0.392. The molecule has 0 aliphatic carbocycles. The fraction of sp³-hybridized carbons (Fsp3) is 0.533. The largest absolute Gasteiger partial charge is 0.377 e. The van der Waals surface area contributed by atoms with Crippen molar-refractivity contribution in [2.45, 2.75) is 26.3 Å². The van der Waals surface area contributed by atoms with Crippen LogP contribution < -0.4 is 4.90 Å². The zero-order chi connectivity index (χ0) is 14.7. The Bertz CT molecular complexity index is 572. The molecule has 0 radical (unpaired) electrons. The Morgan fingerprint density at radius 3 is 3.05 bits per heavy atom. The van der Waals surface area contributed by atoms with E-state index in [4.69, 9.17) is 4.74 Å². The van der Waals surface area contributed by atoms with Crippen LogP contribution in [0.5, 0.6) is 0 Å². The first-order valence-electron chi connectivity index (χ1n) is 7.33. The summed E-state index contributed by atoms with van der Waals surface area (Å²) in [5.74, 6) is 0.641. The molecule has 2 aromatic heterocycles. The fourth-order valence-corrected chi connectivity index (χ4v) is 3.49. The Morgan fingerprint density at radius 2 is 2.29 bits per heavy atom. The number of pyridine rings is 1. The molecule has 1 aliphatic rings. The molecule has 3 rings (SSSR count). The van der Waals surface area contributed by atoms with Gasteiger partial charge in [0.05, 0.1) is 19.3 Å². The maximum absolute atomic E-state index is 5.63. The highest BCUT2D eigenvalue weighted by molar-refractivity contribution is 7.18. The highest BCUT2D eigenvalue weighted by Gasteiger charge is 2.26. The zero-order valence-electron chi connectivity index (χ0n) is 12.4. The van der Waals surface area contributed by atoms with Crippen molar-refractivity contribution in [2.75, 3.05) is 24.7 Å². The molecule has 1 fully saturated rings. The van der Waals surface area contributed by atoms with Crippen molar-refractivity contribution in [1.82, 2.24) is 15.2 Å². The second-order valence-corrected chi connectivity index (χ2v) is 6.61. The van der Waals surface area contributed by atoms with Crippen LogP contribution in [0.3, 0.4) is 0 Å². The summed E-state index contributed by atoms with van der Waals surface area (Å²) in [4.78, 5) is 6.68. The number of anilines is 1. The van der Waals surface area contributed by atoms with Gasteiger partial charge in [0, 0.05) is 12.7 Å². The molecule has 1 aliphatic heterocycles. The van der Waals surface area contributed by atoms with Gasteiger partial charge in [0.25, 0.3) is 0 Å². The van der Waals surface area contributed by atoms with Crippen molar-refractivity contribution in [3.05, 3.63) is 24.4 Å². The predicted molar refractivity (Wildman–Crippen MR) is 84.5 cm³/mol. The van der Waals surface area contributed by atoms with Crippen LogP contribution >= 0.6 is 11.3 Å². The van der Waals surface area contributed by atoms with Gasteiger partial charge in [-0.3, -0.25) is 4.98 Å². The van der Waals surface area contributed by atoms with Gasteiger partial charge < -0.3 is 9.64 Å². The Balaban J connectivity index is 1.80. The van der Waals surface area contributed by atoms with Gasteiger partial charge in [-0.15, -0.1) is 10.2 Å². The summed E-state index contributed by atoms with van der Waals surface area (Å²) in [6, 6.07) is 6.24. The molecule has 112 valence electrons. The molecule has 1 saturated heterocycles. The lowest BCUT2D eigenvalue weighted by atomic mass is 10.0. The highest BCUT2D eigenvalue weighted by Crippen LogP contribution is 2.30. The van der Waals surface area contributed by atoms with Crippen molar-refractivity contribution in [1.29, 1.82) is 0 Å². The molecular weight excluding hydrogens is 284 g/mol. The van der Waals surface area contributed by atoms with Crippen LogP contribution in [-0.4, -0.2) is 41.0 Å². The van der Waals surface area contributed by atoms with E-state index >= 15 is 0 Å². The average molecular weight is 304 g/mol. The van der Waals surface area contributed by atoms with Gasteiger partial charge in [-0.25, -0.2) is 0 Å². The van der Waals surface area contributed by atoms with Crippen LogP contribution in [-0.2, 0) is 4.74 Å². The van der Waals surface area contributed by atoms with Gasteiger partial charge in [0.2, 0.25) is 5.13 Å². The number of ether oxygens (including phenoxy) is 1. The highest BCUT2D eigenvalue weighted by atomic mass is 32.1. The Labute approximate surface area is 129 Å². The third kappa shape index (κ3) is 3.39. The topological polar surface area (TPSA) is 51.1 Å². The summed E-state index contributed by atoms with van der Waals surface area (Å²) in [6.07, 6.45) is 2.89. The van der Waals surface area contributed by atoms with Gasteiger partial charge in [0.15, 0.2) is 5.01 Å². The summed E-state index contributed by atoms with van der Waals surface area (Å²) in [7, 11) is 0. The average Bonchev–Trinajstić information content (AvgIpc) is 2.98. The van der Waals surface area contributed by atoms with E-state index < -0.39 is 0 Å². The van der Waals surface area contributed by atoms with E-state index in [0.29, 0.717) is 12.0 Å². The summed E-state index contributed by atoms with van der Waals surface area (Å²) < 4.78 is 5.63. The van der Waals surface area contributed by atoms with Crippen LogP contribution in [0.2, 0.25) is 0 Å². The minimum absolute atomic E-state index is 0.392. The number of hydrogen-bond acceptors (Lipinski definition) is 6. The summed E-state index contributed by atoms with van der Waals surface area (Å²) >= 11 is 1.61. The third-order valence-electron chi connectivity index (χ3n) is 3.52. The number of nitrogens with zero attached hydrogens (tertiary/aromatic N) is 4. The van der Waals surface area contributed by atoms with E-state index in [0.717, 1.165) is 42.0 Å². The first kappa shape index (κ1) is 14.4. The van der Waals surface area contributed by atoms with E-state index in [1.54, 1.807) is 17.5 Å². The summed E-state index contributed by atoms with van der Waals surface area (Å²) in [6.45, 7) is 6.90. The molecule has 21 heavy (non-hydrogen) atoms. The summed E-state index contributed by atoms with van der Waals surface area (Å²) in [5.41, 5.74) is 0.884. The molecule has 0 N–H and O–H groups in total. The Kier molecular flexibility index (Phi) is 4.45. The van der Waals surface area contributed by atoms with E-state index in [1.165, 1.54) is 0 Å². The van der Waals surface area contributed by atoms with E-state index in [-0.39, 0.29) is 0 Å². The normalized spacial score (nSPS) is 19.2. The van der Waals surface area contributed by atoms with E-state index in [1.807, 2.05) is 18.2 Å². The standard InChI is InChI=1S/C15H20N4OS/c1-11(2)9-12-10-20-8-7-19(12)15-18-17-14(21-15)13-5-3-4-6-16-13/h3-6,11-12H,7-10H2,1-2H3. The lowest BCUT2D eigenvalue weighted by Crippen LogP contribution is -2.46. The first-order chi connectivity index (χ1) is 10.2. The predicted octanol–water partition coefficient (Wildman–Crippen LogP) is 2.85. The minimum Gasteiger partial charge on any atom is -0.377 e. The molecule has 0 amide bonds. The molecule has 2 aromatic rings. The maximum Gasteiger partial charge on any atom is 0.209 e. The van der Waals surface area contributed by atoms with Crippen molar-refractivity contribution < 1.29 is 4.74 Å². The molecule has 6 heteroatoms. The number of rotatable bonds is 4.